The molecule has 110 valence electrons. The van der Waals surface area contributed by atoms with Crippen LogP contribution in [0.1, 0.15) is 31.9 Å². The van der Waals surface area contributed by atoms with Crippen molar-refractivity contribution in [2.24, 2.45) is 0 Å². The fraction of sp³-hybridized carbons (Fsp3) is 0.643. The minimum absolute atomic E-state index is 0.139. The number of unbranched alkanes of at least 4 members (excludes halogenated alkanes) is 1. The summed E-state index contributed by atoms with van der Waals surface area (Å²) in [4.78, 5) is 11.4. The molecule has 0 aromatic carbocycles. The lowest BCUT2D eigenvalue weighted by Crippen LogP contribution is -2.35. The molecular weight excluding hydrogens is 258 g/mol. The molecule has 0 spiro atoms. The molecule has 1 aromatic heterocycles. The van der Waals surface area contributed by atoms with Gasteiger partial charge in [-0.1, -0.05) is 11.8 Å². The monoisotopic (exact) mass is 279 g/mol. The molecule has 2 rings (SSSR count). The van der Waals surface area contributed by atoms with Gasteiger partial charge in [-0.25, -0.2) is 0 Å². The number of ether oxygens (including phenoxy) is 2. The number of rotatable bonds is 9. The minimum Gasteiger partial charge on any atom is -0.376 e. The summed E-state index contributed by atoms with van der Waals surface area (Å²) in [5, 5.41) is 8.10. The number of carbonyl (C=O) groups is 1. The van der Waals surface area contributed by atoms with Gasteiger partial charge >= 0.3 is 0 Å². The van der Waals surface area contributed by atoms with Crippen molar-refractivity contribution in [3.63, 3.8) is 0 Å². The molecule has 1 fully saturated rings. The standard InChI is InChI=1S/C14H21N3O3/c1-11(2)14(18)5-3-4-6-17-7-12(15-16-17)8-20-13-9-19-10-13/h7,13H,1,3-6,8-10H2,2H3. The quantitative estimate of drug-likeness (QED) is 0.506. The summed E-state index contributed by atoms with van der Waals surface area (Å²) >= 11 is 0. The summed E-state index contributed by atoms with van der Waals surface area (Å²) < 4.78 is 12.4. The van der Waals surface area contributed by atoms with Crippen molar-refractivity contribution in [3.8, 4) is 0 Å². The van der Waals surface area contributed by atoms with Crippen LogP contribution in [0.5, 0.6) is 0 Å². The highest BCUT2D eigenvalue weighted by molar-refractivity contribution is 5.93. The van der Waals surface area contributed by atoms with E-state index in [9.17, 15) is 4.79 Å². The lowest BCUT2D eigenvalue weighted by molar-refractivity contribution is -0.135. The summed E-state index contributed by atoms with van der Waals surface area (Å²) in [6.07, 6.45) is 4.39. The largest absolute Gasteiger partial charge is 0.376 e. The van der Waals surface area contributed by atoms with Gasteiger partial charge in [-0.15, -0.1) is 5.10 Å². The molecular formula is C14H21N3O3. The van der Waals surface area contributed by atoms with Gasteiger partial charge in [0.15, 0.2) is 5.78 Å². The number of allylic oxidation sites excluding steroid dienone is 1. The minimum atomic E-state index is 0.139. The molecule has 0 aliphatic carbocycles. The van der Waals surface area contributed by atoms with Crippen molar-refractivity contribution in [2.75, 3.05) is 13.2 Å². The number of hydrogen-bond acceptors (Lipinski definition) is 5. The van der Waals surface area contributed by atoms with E-state index in [-0.39, 0.29) is 11.9 Å². The van der Waals surface area contributed by atoms with Gasteiger partial charge in [0.05, 0.1) is 26.0 Å². The first kappa shape index (κ1) is 14.9. The molecule has 1 saturated heterocycles. The SMILES string of the molecule is C=C(C)C(=O)CCCCn1cc(COC2COC2)nn1. The summed E-state index contributed by atoms with van der Waals surface area (Å²) in [5.41, 5.74) is 1.46. The van der Waals surface area contributed by atoms with E-state index in [4.69, 9.17) is 9.47 Å². The first-order valence-corrected chi connectivity index (χ1v) is 6.92. The molecule has 0 bridgehead atoms. The van der Waals surface area contributed by atoms with Crippen molar-refractivity contribution >= 4 is 5.78 Å². The van der Waals surface area contributed by atoms with Crippen LogP contribution in [-0.2, 0) is 27.4 Å². The van der Waals surface area contributed by atoms with Gasteiger partial charge in [0.25, 0.3) is 0 Å². The molecule has 0 amide bonds. The Morgan fingerprint density at radius 3 is 3.00 bits per heavy atom. The van der Waals surface area contributed by atoms with E-state index in [1.165, 1.54) is 0 Å². The third-order valence-corrected chi connectivity index (χ3v) is 3.18. The number of nitrogens with zero attached hydrogens (tertiary/aromatic N) is 3. The topological polar surface area (TPSA) is 66.2 Å². The second-order valence-electron chi connectivity index (χ2n) is 5.10. The lowest BCUT2D eigenvalue weighted by Gasteiger charge is -2.25. The van der Waals surface area contributed by atoms with Crippen LogP contribution in [-0.4, -0.2) is 40.1 Å². The second-order valence-corrected chi connectivity index (χ2v) is 5.10. The van der Waals surface area contributed by atoms with Gasteiger partial charge in [0, 0.05) is 13.0 Å². The first-order chi connectivity index (χ1) is 9.65. The van der Waals surface area contributed by atoms with Gasteiger partial charge < -0.3 is 9.47 Å². The van der Waals surface area contributed by atoms with Gasteiger partial charge in [-0.3, -0.25) is 9.48 Å². The number of aromatic nitrogens is 3. The van der Waals surface area contributed by atoms with E-state index in [1.807, 2.05) is 6.20 Å². The molecule has 0 atom stereocenters. The predicted molar refractivity (Wildman–Crippen MR) is 73.1 cm³/mol. The highest BCUT2D eigenvalue weighted by Crippen LogP contribution is 2.09. The van der Waals surface area contributed by atoms with Crippen molar-refractivity contribution in [1.29, 1.82) is 0 Å². The third-order valence-electron chi connectivity index (χ3n) is 3.18. The Hall–Kier alpha value is -1.53. The molecule has 0 radical (unpaired) electrons. The van der Waals surface area contributed by atoms with Crippen LogP contribution in [0, 0.1) is 0 Å². The molecule has 6 nitrogen and oxygen atoms in total. The number of hydrogen-bond donors (Lipinski definition) is 0. The third kappa shape index (κ3) is 4.54. The van der Waals surface area contributed by atoms with E-state index < -0.39 is 0 Å². The zero-order valence-corrected chi connectivity index (χ0v) is 11.9. The highest BCUT2D eigenvalue weighted by Gasteiger charge is 2.19. The molecule has 2 heterocycles. The van der Waals surface area contributed by atoms with Crippen molar-refractivity contribution < 1.29 is 14.3 Å². The number of Topliss-reactive ketones (excluding diaryl/α,β-unsaturated/α-hetero) is 1. The van der Waals surface area contributed by atoms with E-state index in [2.05, 4.69) is 16.9 Å². The molecule has 6 heteroatoms. The van der Waals surface area contributed by atoms with Crippen molar-refractivity contribution in [2.45, 2.75) is 45.4 Å². The number of ketones is 1. The maximum absolute atomic E-state index is 11.4. The van der Waals surface area contributed by atoms with Gasteiger partial charge in [0.2, 0.25) is 0 Å². The first-order valence-electron chi connectivity index (χ1n) is 6.92. The smallest absolute Gasteiger partial charge is 0.157 e. The van der Waals surface area contributed by atoms with Crippen molar-refractivity contribution in [3.05, 3.63) is 24.0 Å². The highest BCUT2D eigenvalue weighted by atomic mass is 16.6. The Morgan fingerprint density at radius 1 is 1.55 bits per heavy atom. The van der Waals surface area contributed by atoms with Crippen LogP contribution in [0.2, 0.25) is 0 Å². The summed E-state index contributed by atoms with van der Waals surface area (Å²) in [5.74, 6) is 0.139. The maximum Gasteiger partial charge on any atom is 0.157 e. The molecule has 1 aliphatic rings. The van der Waals surface area contributed by atoms with E-state index >= 15 is 0 Å². The fourth-order valence-electron chi connectivity index (χ4n) is 1.80. The molecule has 1 aromatic rings. The summed E-state index contributed by atoms with van der Waals surface area (Å²) in [7, 11) is 0. The van der Waals surface area contributed by atoms with Gasteiger partial charge in [0.1, 0.15) is 11.8 Å². The molecule has 1 aliphatic heterocycles. The Morgan fingerprint density at radius 2 is 2.35 bits per heavy atom. The van der Waals surface area contributed by atoms with E-state index in [0.29, 0.717) is 31.8 Å². The van der Waals surface area contributed by atoms with Crippen LogP contribution >= 0.6 is 0 Å². The predicted octanol–water partition coefficient (Wildman–Crippen LogP) is 1.51. The molecule has 0 N–H and O–H groups in total. The average molecular weight is 279 g/mol. The van der Waals surface area contributed by atoms with Gasteiger partial charge in [-0.05, 0) is 25.3 Å². The van der Waals surface area contributed by atoms with Crippen LogP contribution < -0.4 is 0 Å². The van der Waals surface area contributed by atoms with Crippen molar-refractivity contribution in [1.82, 2.24) is 15.0 Å². The van der Waals surface area contributed by atoms with Crippen LogP contribution in [0.25, 0.3) is 0 Å². The van der Waals surface area contributed by atoms with E-state index in [0.717, 1.165) is 25.1 Å². The normalized spacial score (nSPS) is 15.1. The number of aryl methyl sites for hydroxylation is 1. The maximum atomic E-state index is 11.4. The Bertz CT molecular complexity index is 466. The molecule has 0 saturated carbocycles. The second kappa shape index (κ2) is 7.31. The summed E-state index contributed by atoms with van der Waals surface area (Å²) in [6.45, 7) is 7.98. The average Bonchev–Trinajstić information content (AvgIpc) is 2.80. The number of carbonyl (C=O) groups excluding carboxylic acids is 1. The zero-order chi connectivity index (χ0) is 14.4. The Kier molecular flexibility index (Phi) is 5.43. The van der Waals surface area contributed by atoms with E-state index in [1.54, 1.807) is 11.6 Å². The summed E-state index contributed by atoms with van der Waals surface area (Å²) in [6, 6.07) is 0. The van der Waals surface area contributed by atoms with Crippen LogP contribution in [0.4, 0.5) is 0 Å². The van der Waals surface area contributed by atoms with Crippen LogP contribution in [0.15, 0.2) is 18.3 Å². The van der Waals surface area contributed by atoms with Crippen LogP contribution in [0.3, 0.4) is 0 Å². The lowest BCUT2D eigenvalue weighted by atomic mass is 10.1. The Balaban J connectivity index is 1.62. The fourth-order valence-corrected chi connectivity index (χ4v) is 1.80. The zero-order valence-electron chi connectivity index (χ0n) is 11.9. The molecule has 20 heavy (non-hydrogen) atoms. The Labute approximate surface area is 118 Å². The molecule has 0 unspecified atom stereocenters. The van der Waals surface area contributed by atoms with Gasteiger partial charge in [-0.2, -0.15) is 0 Å².